The largest absolute Gasteiger partial charge is 0.330 e. The Balaban J connectivity index is 2.09. The zero-order valence-electron chi connectivity index (χ0n) is 11.6. The highest BCUT2D eigenvalue weighted by atomic mass is 32.2. The normalized spacial score (nSPS) is 23.1. The van der Waals surface area contributed by atoms with E-state index in [2.05, 4.69) is 4.72 Å². The van der Waals surface area contributed by atoms with E-state index in [1.165, 1.54) is 12.1 Å². The Morgan fingerprint density at radius 1 is 1.35 bits per heavy atom. The van der Waals surface area contributed by atoms with Gasteiger partial charge in [0.05, 0.1) is 4.90 Å². The Bertz CT molecular complexity index is 575. The lowest BCUT2D eigenvalue weighted by molar-refractivity contribution is 0.393. The van der Waals surface area contributed by atoms with Crippen LogP contribution in [0.2, 0.25) is 0 Å². The topological polar surface area (TPSA) is 72.2 Å². The minimum absolute atomic E-state index is 0.0137. The van der Waals surface area contributed by atoms with Gasteiger partial charge in [-0.25, -0.2) is 17.5 Å². The number of hydrogen-bond donors (Lipinski definition) is 2. The zero-order chi connectivity index (χ0) is 14.8. The van der Waals surface area contributed by atoms with Crippen LogP contribution in [0.15, 0.2) is 23.1 Å². The lowest BCUT2D eigenvalue weighted by Crippen LogP contribution is -2.33. The molecule has 0 radical (unpaired) electrons. The fourth-order valence-electron chi connectivity index (χ4n) is 2.85. The van der Waals surface area contributed by atoms with Gasteiger partial charge >= 0.3 is 0 Å². The van der Waals surface area contributed by atoms with Crippen LogP contribution in [-0.2, 0) is 10.0 Å². The molecule has 1 aromatic rings. The molecule has 2 rings (SSSR count). The summed E-state index contributed by atoms with van der Waals surface area (Å²) < 4.78 is 40.3. The molecule has 20 heavy (non-hydrogen) atoms. The summed E-state index contributed by atoms with van der Waals surface area (Å²) in [5, 5.41) is 0. The summed E-state index contributed by atoms with van der Waals surface area (Å²) in [4.78, 5) is 0.0137. The predicted molar refractivity (Wildman–Crippen MR) is 76.2 cm³/mol. The first-order valence-corrected chi connectivity index (χ1v) is 8.38. The Kier molecular flexibility index (Phi) is 4.78. The minimum Gasteiger partial charge on any atom is -0.330 e. The van der Waals surface area contributed by atoms with Crippen molar-refractivity contribution < 1.29 is 12.8 Å². The molecular formula is C14H21FN2O2S. The monoisotopic (exact) mass is 300 g/mol. The van der Waals surface area contributed by atoms with Crippen LogP contribution in [0.25, 0.3) is 0 Å². The Labute approximate surface area is 119 Å². The summed E-state index contributed by atoms with van der Waals surface area (Å²) in [6.07, 6.45) is 3.14. The standard InChI is InChI=1S/C14H21FN2O2S/c1-10-5-6-13(15)7-14(10)20(18,19)17-9-12-4-2-3-11(12)8-16/h5-7,11-12,17H,2-4,8-9,16H2,1H3. The number of hydrogen-bond acceptors (Lipinski definition) is 3. The van der Waals surface area contributed by atoms with Gasteiger partial charge < -0.3 is 5.73 Å². The molecular weight excluding hydrogens is 279 g/mol. The van der Waals surface area contributed by atoms with E-state index < -0.39 is 15.8 Å². The molecule has 0 saturated heterocycles. The van der Waals surface area contributed by atoms with Crippen molar-refractivity contribution in [2.75, 3.05) is 13.1 Å². The van der Waals surface area contributed by atoms with Gasteiger partial charge in [0, 0.05) is 6.54 Å². The van der Waals surface area contributed by atoms with E-state index in [4.69, 9.17) is 5.73 Å². The number of halogens is 1. The highest BCUT2D eigenvalue weighted by Gasteiger charge is 2.28. The van der Waals surface area contributed by atoms with E-state index >= 15 is 0 Å². The summed E-state index contributed by atoms with van der Waals surface area (Å²) in [7, 11) is -3.66. The third-order valence-corrected chi connectivity index (χ3v) is 5.66. The molecule has 112 valence electrons. The molecule has 0 aliphatic heterocycles. The van der Waals surface area contributed by atoms with Gasteiger partial charge in [-0.2, -0.15) is 0 Å². The van der Waals surface area contributed by atoms with Gasteiger partial charge in [-0.05, 0) is 55.8 Å². The SMILES string of the molecule is Cc1ccc(F)cc1S(=O)(=O)NCC1CCCC1CN. The minimum atomic E-state index is -3.66. The molecule has 3 N–H and O–H groups in total. The average Bonchev–Trinajstić information content (AvgIpc) is 2.86. The molecule has 1 aliphatic rings. The van der Waals surface area contributed by atoms with Crippen molar-refractivity contribution in [2.24, 2.45) is 17.6 Å². The van der Waals surface area contributed by atoms with Crippen LogP contribution in [0, 0.1) is 24.6 Å². The Morgan fingerprint density at radius 3 is 2.75 bits per heavy atom. The smallest absolute Gasteiger partial charge is 0.240 e. The first-order valence-electron chi connectivity index (χ1n) is 6.90. The molecule has 2 atom stereocenters. The van der Waals surface area contributed by atoms with E-state index in [0.717, 1.165) is 25.3 Å². The molecule has 4 nitrogen and oxygen atoms in total. The predicted octanol–water partition coefficient (Wildman–Crippen LogP) is 1.79. The first kappa shape index (κ1) is 15.4. The van der Waals surface area contributed by atoms with Crippen LogP contribution in [0.1, 0.15) is 24.8 Å². The maximum atomic E-state index is 13.2. The lowest BCUT2D eigenvalue weighted by atomic mass is 9.97. The Morgan fingerprint density at radius 2 is 2.05 bits per heavy atom. The van der Waals surface area contributed by atoms with Crippen molar-refractivity contribution in [1.29, 1.82) is 0 Å². The molecule has 1 fully saturated rings. The number of aryl methyl sites for hydroxylation is 1. The molecule has 0 heterocycles. The van der Waals surface area contributed by atoms with Crippen LogP contribution in [0.3, 0.4) is 0 Å². The van der Waals surface area contributed by atoms with E-state index in [1.807, 2.05) is 0 Å². The average molecular weight is 300 g/mol. The van der Waals surface area contributed by atoms with Crippen molar-refractivity contribution in [3.05, 3.63) is 29.6 Å². The zero-order valence-corrected chi connectivity index (χ0v) is 12.4. The number of nitrogens with one attached hydrogen (secondary N) is 1. The molecule has 0 amide bonds. The highest BCUT2D eigenvalue weighted by Crippen LogP contribution is 2.30. The summed E-state index contributed by atoms with van der Waals surface area (Å²) in [5.74, 6) is 0.117. The molecule has 0 aromatic heterocycles. The van der Waals surface area contributed by atoms with Crippen molar-refractivity contribution >= 4 is 10.0 Å². The van der Waals surface area contributed by atoms with E-state index in [1.54, 1.807) is 6.92 Å². The molecule has 0 bridgehead atoms. The molecule has 6 heteroatoms. The van der Waals surface area contributed by atoms with Gasteiger partial charge in [0.15, 0.2) is 0 Å². The van der Waals surface area contributed by atoms with Crippen molar-refractivity contribution in [3.8, 4) is 0 Å². The van der Waals surface area contributed by atoms with E-state index in [9.17, 15) is 12.8 Å². The number of sulfonamides is 1. The number of rotatable bonds is 5. The summed E-state index contributed by atoms with van der Waals surface area (Å²) >= 11 is 0. The van der Waals surface area contributed by atoms with Gasteiger partial charge in [0.25, 0.3) is 0 Å². The second-order valence-electron chi connectivity index (χ2n) is 5.45. The maximum absolute atomic E-state index is 13.2. The summed E-state index contributed by atoms with van der Waals surface area (Å²) in [6, 6.07) is 3.80. The number of nitrogens with two attached hydrogens (primary N) is 1. The van der Waals surface area contributed by atoms with Crippen LogP contribution in [-0.4, -0.2) is 21.5 Å². The van der Waals surface area contributed by atoms with Crippen molar-refractivity contribution in [2.45, 2.75) is 31.1 Å². The van der Waals surface area contributed by atoms with Crippen LogP contribution in [0.5, 0.6) is 0 Å². The lowest BCUT2D eigenvalue weighted by Gasteiger charge is -2.18. The molecule has 2 unspecified atom stereocenters. The first-order chi connectivity index (χ1) is 9.44. The van der Waals surface area contributed by atoms with Crippen molar-refractivity contribution in [1.82, 2.24) is 4.72 Å². The maximum Gasteiger partial charge on any atom is 0.240 e. The van der Waals surface area contributed by atoms with Gasteiger partial charge in [-0.15, -0.1) is 0 Å². The van der Waals surface area contributed by atoms with Gasteiger partial charge in [-0.1, -0.05) is 12.5 Å². The number of benzene rings is 1. The quantitative estimate of drug-likeness (QED) is 0.871. The molecule has 0 spiro atoms. The Hall–Kier alpha value is -0.980. The van der Waals surface area contributed by atoms with Crippen molar-refractivity contribution in [3.63, 3.8) is 0 Å². The molecule has 1 aromatic carbocycles. The molecule has 1 saturated carbocycles. The van der Waals surface area contributed by atoms with Crippen LogP contribution < -0.4 is 10.5 Å². The fraction of sp³-hybridized carbons (Fsp3) is 0.571. The fourth-order valence-corrected chi connectivity index (χ4v) is 4.20. The van der Waals surface area contributed by atoms with Gasteiger partial charge in [0.1, 0.15) is 5.82 Å². The second kappa shape index (κ2) is 6.20. The molecule has 1 aliphatic carbocycles. The van der Waals surface area contributed by atoms with Gasteiger partial charge in [0.2, 0.25) is 10.0 Å². The van der Waals surface area contributed by atoms with E-state index in [-0.39, 0.29) is 10.8 Å². The third kappa shape index (κ3) is 3.37. The summed E-state index contributed by atoms with van der Waals surface area (Å²) in [5.41, 5.74) is 6.23. The van der Waals surface area contributed by atoms with Crippen LogP contribution >= 0.6 is 0 Å². The second-order valence-corrected chi connectivity index (χ2v) is 7.18. The van der Waals surface area contributed by atoms with Gasteiger partial charge in [-0.3, -0.25) is 0 Å². The summed E-state index contributed by atoms with van der Waals surface area (Å²) in [6.45, 7) is 2.62. The van der Waals surface area contributed by atoms with Crippen LogP contribution in [0.4, 0.5) is 4.39 Å². The van der Waals surface area contributed by atoms with E-state index in [0.29, 0.717) is 24.6 Å². The third-order valence-electron chi connectivity index (χ3n) is 4.09. The highest BCUT2D eigenvalue weighted by molar-refractivity contribution is 7.89.